The highest BCUT2D eigenvalue weighted by atomic mass is 32.8. The Bertz CT molecular complexity index is 935. The molecule has 2 aromatic carbocycles. The zero-order chi connectivity index (χ0) is 17.1. The number of thiazole rings is 1. The van der Waals surface area contributed by atoms with Crippen molar-refractivity contribution < 1.29 is 10.2 Å². The Morgan fingerprint density at radius 2 is 1.83 bits per heavy atom. The summed E-state index contributed by atoms with van der Waals surface area (Å²) in [5, 5.41) is 18.1. The van der Waals surface area contributed by atoms with E-state index in [4.69, 9.17) is 33.6 Å². The number of hydrogen-bond acceptors (Lipinski definition) is 5. The zero-order valence-electron chi connectivity index (χ0n) is 12.7. The van der Waals surface area contributed by atoms with E-state index in [1.165, 1.54) is 4.90 Å². The van der Waals surface area contributed by atoms with E-state index in [0.717, 1.165) is 25.7 Å². The number of anilines is 1. The molecule has 0 fully saturated rings. The SMILES string of the molecule is OCN1CS(=S)c2ccccc21.OC[s+]1c(=S)[nH]c2ccccc21. The van der Waals surface area contributed by atoms with Gasteiger partial charge in [-0.2, -0.15) is 0 Å². The number of H-pyrrole nitrogens is 1. The van der Waals surface area contributed by atoms with Gasteiger partial charge in [-0.25, -0.2) is 0 Å². The largest absolute Gasteiger partial charge is 0.376 e. The Kier molecular flexibility index (Phi) is 5.75. The van der Waals surface area contributed by atoms with Crippen LogP contribution in [0.1, 0.15) is 0 Å². The highest BCUT2D eigenvalue weighted by Gasteiger charge is 2.20. The first kappa shape index (κ1) is 17.7. The van der Waals surface area contributed by atoms with Gasteiger partial charge in [0.15, 0.2) is 5.94 Å². The van der Waals surface area contributed by atoms with E-state index in [-0.39, 0.29) is 32.6 Å². The maximum atomic E-state index is 9.07. The quantitative estimate of drug-likeness (QED) is 0.457. The maximum absolute atomic E-state index is 9.07. The van der Waals surface area contributed by atoms with Crippen molar-refractivity contribution >= 4 is 59.2 Å². The first-order chi connectivity index (χ1) is 11.7. The van der Waals surface area contributed by atoms with E-state index in [1.54, 1.807) is 0 Å². The van der Waals surface area contributed by atoms with Crippen LogP contribution in [-0.2, 0) is 26.6 Å². The second kappa shape index (κ2) is 7.81. The molecule has 2 atom stereocenters. The number of rotatable bonds is 2. The van der Waals surface area contributed by atoms with Gasteiger partial charge < -0.3 is 15.1 Å². The molecule has 1 aromatic heterocycles. The molecule has 1 aliphatic rings. The van der Waals surface area contributed by atoms with Crippen LogP contribution < -0.4 is 4.90 Å². The van der Waals surface area contributed by atoms with Crippen molar-refractivity contribution in [3.63, 3.8) is 0 Å². The van der Waals surface area contributed by atoms with Gasteiger partial charge >= 0.3 is 3.95 Å². The van der Waals surface area contributed by atoms with Gasteiger partial charge in [-0.15, -0.1) is 0 Å². The van der Waals surface area contributed by atoms with Crippen LogP contribution in [0, 0.1) is 3.95 Å². The molecule has 1 aliphatic heterocycles. The minimum atomic E-state index is -0.278. The molecule has 126 valence electrons. The van der Waals surface area contributed by atoms with Crippen LogP contribution in [-0.4, -0.2) is 27.8 Å². The summed E-state index contributed by atoms with van der Waals surface area (Å²) in [5.41, 5.74) is 2.14. The molecule has 0 amide bonds. The second-order valence-corrected chi connectivity index (χ2v) is 10.2. The molecule has 0 aliphatic carbocycles. The van der Waals surface area contributed by atoms with Crippen molar-refractivity contribution in [3.8, 4) is 0 Å². The number of nitrogens with one attached hydrogen (secondary N) is 1. The average molecular weight is 398 g/mol. The molecule has 3 aromatic rings. The lowest BCUT2D eigenvalue weighted by Crippen LogP contribution is -2.21. The van der Waals surface area contributed by atoms with Gasteiger partial charge in [0.25, 0.3) is 12.2 Å². The molecule has 0 radical (unpaired) electrons. The van der Waals surface area contributed by atoms with E-state index in [2.05, 4.69) is 4.98 Å². The number of aliphatic hydroxyl groups is 2. The maximum Gasteiger partial charge on any atom is 0.359 e. The van der Waals surface area contributed by atoms with Crippen molar-refractivity contribution in [1.29, 1.82) is 0 Å². The highest BCUT2D eigenvalue weighted by Crippen LogP contribution is 2.31. The summed E-state index contributed by atoms with van der Waals surface area (Å²) in [6, 6.07) is 15.9. The second-order valence-electron chi connectivity index (χ2n) is 5.05. The third-order valence-corrected chi connectivity index (χ3v) is 8.27. The number of aromatic amines is 1. The Morgan fingerprint density at radius 3 is 2.58 bits per heavy atom. The highest BCUT2D eigenvalue weighted by molar-refractivity contribution is 8.29. The minimum absolute atomic E-state index is 0.0666. The van der Waals surface area contributed by atoms with Gasteiger partial charge in [-0.3, -0.25) is 4.98 Å². The van der Waals surface area contributed by atoms with Crippen LogP contribution in [0.25, 0.3) is 10.2 Å². The Balaban J connectivity index is 0.000000141. The first-order valence-electron chi connectivity index (χ1n) is 7.20. The number of benzene rings is 2. The summed E-state index contributed by atoms with van der Waals surface area (Å²) in [6.45, 7) is 0.0666. The summed E-state index contributed by atoms with van der Waals surface area (Å²) >= 11 is 10.4. The van der Waals surface area contributed by atoms with Crippen LogP contribution in [0.2, 0.25) is 0 Å². The van der Waals surface area contributed by atoms with Crippen LogP contribution >= 0.6 is 22.7 Å². The van der Waals surface area contributed by atoms with Crippen LogP contribution in [0.15, 0.2) is 53.4 Å². The predicted octanol–water partition coefficient (Wildman–Crippen LogP) is 3.45. The number of aromatic nitrogens is 1. The third-order valence-electron chi connectivity index (χ3n) is 3.64. The van der Waals surface area contributed by atoms with Crippen LogP contribution in [0.5, 0.6) is 0 Å². The number of fused-ring (bicyclic) bond motifs is 2. The molecular weight excluding hydrogens is 380 g/mol. The molecule has 24 heavy (non-hydrogen) atoms. The van der Waals surface area contributed by atoms with Crippen molar-refractivity contribution in [3.05, 3.63) is 52.5 Å². The van der Waals surface area contributed by atoms with Gasteiger partial charge in [-0.1, -0.05) is 33.7 Å². The number of hydrogen-bond donors (Lipinski definition) is 3. The zero-order valence-corrected chi connectivity index (χ0v) is 16.0. The monoisotopic (exact) mass is 397 g/mol. The van der Waals surface area contributed by atoms with Crippen molar-refractivity contribution in [2.75, 3.05) is 17.5 Å². The third kappa shape index (κ3) is 3.44. The summed E-state index contributed by atoms with van der Waals surface area (Å²) < 4.78 is 1.88. The smallest absolute Gasteiger partial charge is 0.359 e. The molecule has 0 saturated carbocycles. The molecule has 0 saturated heterocycles. The normalized spacial score (nSPS) is 16.7. The van der Waals surface area contributed by atoms with Crippen LogP contribution in [0.4, 0.5) is 5.69 Å². The topological polar surface area (TPSA) is 59.5 Å². The lowest BCUT2D eigenvalue weighted by molar-refractivity contribution is 0.297. The van der Waals surface area contributed by atoms with Gasteiger partial charge in [-0.05, 0) is 45.9 Å². The van der Waals surface area contributed by atoms with Crippen molar-refractivity contribution in [1.82, 2.24) is 4.98 Å². The number of para-hydroxylation sites is 2. The molecular formula is C16H17N2O2S4+. The van der Waals surface area contributed by atoms with Gasteiger partial charge in [0.05, 0.1) is 17.1 Å². The van der Waals surface area contributed by atoms with E-state index < -0.39 is 0 Å². The molecule has 0 spiro atoms. The van der Waals surface area contributed by atoms with Crippen molar-refractivity contribution in [2.45, 2.75) is 10.8 Å². The van der Waals surface area contributed by atoms with E-state index >= 15 is 0 Å². The minimum Gasteiger partial charge on any atom is -0.376 e. The number of aliphatic hydroxyl groups excluding tert-OH is 2. The Labute approximate surface area is 155 Å². The van der Waals surface area contributed by atoms with E-state index in [1.807, 2.05) is 53.4 Å². The Morgan fingerprint density at radius 1 is 1.12 bits per heavy atom. The standard InChI is InChI=1S/C8H9NOS2.C8H7NOS2/c10-5-9-6-12(11)8-4-2-1-3-7(8)9;10-5-12-7-4-2-1-3-6(7)9-8(12)11/h1-4,10H,5-6H2;1-4,10H,5H2/p+1. The average Bonchev–Trinajstić information content (AvgIpc) is 3.11. The lowest BCUT2D eigenvalue weighted by atomic mass is 10.3. The van der Waals surface area contributed by atoms with Crippen LogP contribution in [0.3, 0.4) is 0 Å². The molecule has 4 nitrogen and oxygen atoms in total. The van der Waals surface area contributed by atoms with Crippen molar-refractivity contribution in [2.24, 2.45) is 0 Å². The lowest BCUT2D eigenvalue weighted by Gasteiger charge is -2.13. The Hall–Kier alpha value is -1.16. The first-order valence-corrected chi connectivity index (χ1v) is 11.3. The van der Waals surface area contributed by atoms with E-state index in [9.17, 15) is 0 Å². The van der Waals surface area contributed by atoms with Gasteiger partial charge in [0, 0.05) is 4.90 Å². The molecule has 2 unspecified atom stereocenters. The van der Waals surface area contributed by atoms with E-state index in [0.29, 0.717) is 0 Å². The predicted molar refractivity (Wildman–Crippen MR) is 108 cm³/mol. The summed E-state index contributed by atoms with van der Waals surface area (Å²) in [5.74, 6) is 0.897. The molecule has 2 heterocycles. The summed E-state index contributed by atoms with van der Waals surface area (Å²) in [7, 11) is -0.406. The molecule has 4 rings (SSSR count). The summed E-state index contributed by atoms with van der Waals surface area (Å²) in [6.07, 6.45) is 0. The fraction of sp³-hybridized carbons (Fsp3) is 0.188. The summed E-state index contributed by atoms with van der Waals surface area (Å²) in [4.78, 5) is 6.19. The molecule has 0 bridgehead atoms. The fourth-order valence-corrected chi connectivity index (χ4v) is 6.46. The molecule has 3 N–H and O–H groups in total. The van der Waals surface area contributed by atoms with Gasteiger partial charge in [0.2, 0.25) is 0 Å². The fourth-order valence-electron chi connectivity index (χ4n) is 2.49. The number of nitrogens with zero attached hydrogens (tertiary/aromatic N) is 1. The van der Waals surface area contributed by atoms with Gasteiger partial charge in [0.1, 0.15) is 11.4 Å². The molecule has 8 heteroatoms.